The maximum atomic E-state index is 12.9. The number of hydrogen-bond donors (Lipinski definition) is 2. The van der Waals surface area contributed by atoms with Crippen LogP contribution in [0.5, 0.6) is 0 Å². The summed E-state index contributed by atoms with van der Waals surface area (Å²) < 4.78 is 7.13. The highest BCUT2D eigenvalue weighted by molar-refractivity contribution is 6.03. The molecule has 1 aliphatic rings. The van der Waals surface area contributed by atoms with Gasteiger partial charge in [0.15, 0.2) is 5.82 Å². The molecule has 34 heavy (non-hydrogen) atoms. The minimum atomic E-state index is -0.284. The van der Waals surface area contributed by atoms with Crippen LogP contribution in [0.25, 0.3) is 22.5 Å². The molecule has 4 aromatic rings. The zero-order valence-corrected chi connectivity index (χ0v) is 18.8. The summed E-state index contributed by atoms with van der Waals surface area (Å²) in [5.41, 5.74) is 3.67. The highest BCUT2D eigenvalue weighted by Gasteiger charge is 2.26. The number of aromatic nitrogens is 5. The molecule has 5 rings (SSSR count). The van der Waals surface area contributed by atoms with Crippen LogP contribution in [0.2, 0.25) is 0 Å². The quantitative estimate of drug-likeness (QED) is 0.367. The van der Waals surface area contributed by atoms with Crippen molar-refractivity contribution in [1.82, 2.24) is 24.7 Å². The summed E-state index contributed by atoms with van der Waals surface area (Å²) in [6.45, 7) is 1.29. The van der Waals surface area contributed by atoms with E-state index in [2.05, 4.69) is 35.4 Å². The number of amides is 1. The first-order valence-electron chi connectivity index (χ1n) is 11.2. The molecule has 1 amide bonds. The van der Waals surface area contributed by atoms with Gasteiger partial charge < -0.3 is 19.9 Å². The van der Waals surface area contributed by atoms with Crippen LogP contribution in [0, 0.1) is 0 Å². The Morgan fingerprint density at radius 1 is 1.09 bits per heavy atom. The molecule has 9 nitrogen and oxygen atoms in total. The van der Waals surface area contributed by atoms with Crippen LogP contribution in [0.3, 0.4) is 0 Å². The largest absolute Gasteiger partial charge is 0.383 e. The molecule has 1 saturated carbocycles. The molecular formula is C25H25N7O2. The lowest BCUT2D eigenvalue weighted by atomic mass is 10.1. The third-order valence-electron chi connectivity index (χ3n) is 5.59. The molecular weight excluding hydrogens is 430 g/mol. The second-order valence-electron chi connectivity index (χ2n) is 8.11. The van der Waals surface area contributed by atoms with E-state index in [9.17, 15) is 4.79 Å². The molecule has 1 aromatic carbocycles. The molecule has 0 atom stereocenters. The number of benzene rings is 1. The van der Waals surface area contributed by atoms with E-state index in [1.54, 1.807) is 31.9 Å². The normalized spacial score (nSPS) is 13.0. The van der Waals surface area contributed by atoms with Gasteiger partial charge in [-0.05, 0) is 54.8 Å². The van der Waals surface area contributed by atoms with Gasteiger partial charge in [-0.15, -0.1) is 10.2 Å². The van der Waals surface area contributed by atoms with Crippen molar-refractivity contribution < 1.29 is 9.53 Å². The number of anilines is 2. The lowest BCUT2D eigenvalue weighted by Gasteiger charge is -2.09. The van der Waals surface area contributed by atoms with Gasteiger partial charge >= 0.3 is 0 Å². The van der Waals surface area contributed by atoms with Crippen LogP contribution in [-0.4, -0.2) is 50.9 Å². The molecule has 0 bridgehead atoms. The smallest absolute Gasteiger partial charge is 0.274 e. The number of nitrogens with zero attached hydrogens (tertiary/aromatic N) is 5. The summed E-state index contributed by atoms with van der Waals surface area (Å²) in [5.74, 6) is 1.30. The Balaban J connectivity index is 1.29. The second kappa shape index (κ2) is 9.80. The summed E-state index contributed by atoms with van der Waals surface area (Å²) in [6.07, 6.45) is 7.46. The summed E-state index contributed by atoms with van der Waals surface area (Å²) in [6, 6.07) is 15.6. The predicted molar refractivity (Wildman–Crippen MR) is 130 cm³/mol. The SMILES string of the molecule is COCCNc1ccc(-c2ccnc(C(=O)Nc3cccc(-c4nncn4C4CC4)c3)c2)cn1. The Morgan fingerprint density at radius 3 is 2.79 bits per heavy atom. The van der Waals surface area contributed by atoms with Crippen LogP contribution in [0.1, 0.15) is 29.4 Å². The number of pyridine rings is 2. The van der Waals surface area contributed by atoms with Gasteiger partial charge in [0.05, 0.1) is 6.61 Å². The molecule has 9 heteroatoms. The Morgan fingerprint density at radius 2 is 2.00 bits per heavy atom. The molecule has 3 heterocycles. The average molecular weight is 456 g/mol. The fourth-order valence-corrected chi connectivity index (χ4v) is 3.69. The molecule has 2 N–H and O–H groups in total. The van der Waals surface area contributed by atoms with Crippen molar-refractivity contribution in [2.75, 3.05) is 30.9 Å². The Bertz CT molecular complexity index is 1280. The number of hydrogen-bond acceptors (Lipinski definition) is 7. The van der Waals surface area contributed by atoms with E-state index in [0.29, 0.717) is 30.6 Å². The molecule has 0 aliphatic heterocycles. The van der Waals surface area contributed by atoms with Gasteiger partial charge in [0.2, 0.25) is 0 Å². The zero-order valence-electron chi connectivity index (χ0n) is 18.8. The van der Waals surface area contributed by atoms with Crippen molar-refractivity contribution in [3.05, 3.63) is 72.9 Å². The zero-order chi connectivity index (χ0) is 23.3. The molecule has 0 saturated heterocycles. The van der Waals surface area contributed by atoms with Gasteiger partial charge in [0.1, 0.15) is 17.8 Å². The number of nitrogens with one attached hydrogen (secondary N) is 2. The van der Waals surface area contributed by atoms with Gasteiger partial charge in [0.25, 0.3) is 5.91 Å². The number of ether oxygens (including phenoxy) is 1. The highest BCUT2D eigenvalue weighted by Crippen LogP contribution is 2.37. The number of rotatable bonds is 9. The summed E-state index contributed by atoms with van der Waals surface area (Å²) >= 11 is 0. The molecule has 0 unspecified atom stereocenters. The lowest BCUT2D eigenvalue weighted by molar-refractivity contribution is 0.102. The van der Waals surface area contributed by atoms with E-state index in [0.717, 1.165) is 41.2 Å². The summed E-state index contributed by atoms with van der Waals surface area (Å²) in [4.78, 5) is 21.6. The van der Waals surface area contributed by atoms with E-state index < -0.39 is 0 Å². The van der Waals surface area contributed by atoms with Gasteiger partial charge in [-0.3, -0.25) is 9.78 Å². The average Bonchev–Trinajstić information content (AvgIpc) is 3.60. The summed E-state index contributed by atoms with van der Waals surface area (Å²) in [5, 5.41) is 14.5. The number of carbonyl (C=O) groups is 1. The molecule has 0 spiro atoms. The molecule has 172 valence electrons. The Hall–Kier alpha value is -4.11. The third-order valence-corrected chi connectivity index (χ3v) is 5.59. The Labute approximate surface area is 197 Å². The van der Waals surface area contributed by atoms with E-state index in [4.69, 9.17) is 4.74 Å². The molecule has 0 radical (unpaired) electrons. The first-order valence-corrected chi connectivity index (χ1v) is 11.2. The van der Waals surface area contributed by atoms with Crippen molar-refractivity contribution in [3.63, 3.8) is 0 Å². The van der Waals surface area contributed by atoms with E-state index in [1.807, 2.05) is 42.5 Å². The van der Waals surface area contributed by atoms with Gasteiger partial charge in [-0.2, -0.15) is 0 Å². The van der Waals surface area contributed by atoms with Crippen LogP contribution >= 0.6 is 0 Å². The monoisotopic (exact) mass is 455 g/mol. The van der Waals surface area contributed by atoms with Crippen LogP contribution in [-0.2, 0) is 4.74 Å². The minimum Gasteiger partial charge on any atom is -0.383 e. The van der Waals surface area contributed by atoms with E-state index >= 15 is 0 Å². The first kappa shape index (κ1) is 21.7. The number of methoxy groups -OCH3 is 1. The standard InChI is InChI=1S/C25H25N7O2/c1-34-12-11-27-23-8-5-19(15-28-23)17-9-10-26-22(14-17)25(33)30-20-4-2-3-18(13-20)24-31-29-16-32(24)21-6-7-21/h2-5,8-10,13-16,21H,6-7,11-12H2,1H3,(H,27,28)(H,30,33). The van der Waals surface area contributed by atoms with Crippen molar-refractivity contribution in [2.45, 2.75) is 18.9 Å². The predicted octanol–water partition coefficient (Wildman–Crippen LogP) is 4.05. The van der Waals surface area contributed by atoms with Crippen molar-refractivity contribution in [2.24, 2.45) is 0 Å². The number of carbonyl (C=O) groups excluding carboxylic acids is 1. The van der Waals surface area contributed by atoms with Gasteiger partial charge in [-0.25, -0.2) is 4.98 Å². The van der Waals surface area contributed by atoms with Gasteiger partial charge in [-0.1, -0.05) is 12.1 Å². The van der Waals surface area contributed by atoms with Crippen molar-refractivity contribution in [3.8, 4) is 22.5 Å². The summed E-state index contributed by atoms with van der Waals surface area (Å²) in [7, 11) is 1.66. The molecule has 1 aliphatic carbocycles. The van der Waals surface area contributed by atoms with E-state index in [1.165, 1.54) is 0 Å². The van der Waals surface area contributed by atoms with Crippen LogP contribution in [0.4, 0.5) is 11.5 Å². The second-order valence-corrected chi connectivity index (χ2v) is 8.11. The van der Waals surface area contributed by atoms with Crippen LogP contribution < -0.4 is 10.6 Å². The van der Waals surface area contributed by atoms with Gasteiger partial charge in [0, 0.05) is 48.9 Å². The fraction of sp³-hybridized carbons (Fsp3) is 0.240. The molecule has 1 fully saturated rings. The lowest BCUT2D eigenvalue weighted by Crippen LogP contribution is -2.13. The fourth-order valence-electron chi connectivity index (χ4n) is 3.69. The topological polar surface area (TPSA) is 107 Å². The van der Waals surface area contributed by atoms with Crippen LogP contribution in [0.15, 0.2) is 67.3 Å². The minimum absolute atomic E-state index is 0.284. The van der Waals surface area contributed by atoms with Crippen molar-refractivity contribution in [1.29, 1.82) is 0 Å². The maximum absolute atomic E-state index is 12.9. The molecule has 3 aromatic heterocycles. The Kier molecular flexibility index (Phi) is 6.26. The van der Waals surface area contributed by atoms with E-state index in [-0.39, 0.29) is 5.91 Å². The highest BCUT2D eigenvalue weighted by atomic mass is 16.5. The maximum Gasteiger partial charge on any atom is 0.274 e. The van der Waals surface area contributed by atoms with Crippen molar-refractivity contribution >= 4 is 17.4 Å². The third kappa shape index (κ3) is 4.94. The first-order chi connectivity index (χ1) is 16.7.